The molecule has 1 aliphatic rings. The SMILES string of the molecule is CC1CC1C(=O)Nc1oc(-c2ccccc2)nc1-c1ccccc1. The molecule has 0 aliphatic heterocycles. The summed E-state index contributed by atoms with van der Waals surface area (Å²) >= 11 is 0. The van der Waals surface area contributed by atoms with Crippen molar-refractivity contribution in [2.75, 3.05) is 5.32 Å². The van der Waals surface area contributed by atoms with Crippen molar-refractivity contribution in [3.63, 3.8) is 0 Å². The third-order valence-electron chi connectivity index (χ3n) is 4.38. The van der Waals surface area contributed by atoms with E-state index in [2.05, 4.69) is 17.2 Å². The van der Waals surface area contributed by atoms with Crippen LogP contribution >= 0.6 is 0 Å². The number of aromatic nitrogens is 1. The Morgan fingerprint density at radius 3 is 2.21 bits per heavy atom. The molecule has 4 heteroatoms. The monoisotopic (exact) mass is 318 g/mol. The second-order valence-corrected chi connectivity index (χ2v) is 6.24. The number of amides is 1. The number of hydrogen-bond acceptors (Lipinski definition) is 3. The molecule has 1 aromatic heterocycles. The molecule has 0 bridgehead atoms. The van der Waals surface area contributed by atoms with Crippen LogP contribution in [0, 0.1) is 11.8 Å². The second-order valence-electron chi connectivity index (χ2n) is 6.24. The zero-order chi connectivity index (χ0) is 16.5. The van der Waals surface area contributed by atoms with Crippen LogP contribution in [-0.4, -0.2) is 10.9 Å². The molecular formula is C20H18N2O2. The van der Waals surface area contributed by atoms with Gasteiger partial charge in [0.1, 0.15) is 5.69 Å². The summed E-state index contributed by atoms with van der Waals surface area (Å²) in [6.45, 7) is 2.08. The fourth-order valence-corrected chi connectivity index (χ4v) is 2.79. The Morgan fingerprint density at radius 1 is 1.04 bits per heavy atom. The quantitative estimate of drug-likeness (QED) is 0.764. The van der Waals surface area contributed by atoms with Gasteiger partial charge in [-0.15, -0.1) is 0 Å². The minimum atomic E-state index is 0.00967. The lowest BCUT2D eigenvalue weighted by Crippen LogP contribution is -2.14. The normalized spacial score (nSPS) is 19.0. The molecule has 24 heavy (non-hydrogen) atoms. The number of carbonyl (C=O) groups is 1. The molecule has 1 amide bonds. The number of nitrogens with one attached hydrogen (secondary N) is 1. The first-order valence-electron chi connectivity index (χ1n) is 8.15. The topological polar surface area (TPSA) is 55.1 Å². The first-order chi connectivity index (χ1) is 11.7. The van der Waals surface area contributed by atoms with Crippen molar-refractivity contribution in [3.05, 3.63) is 60.7 Å². The van der Waals surface area contributed by atoms with Crippen LogP contribution < -0.4 is 5.32 Å². The summed E-state index contributed by atoms with van der Waals surface area (Å²) in [5.74, 6) is 1.47. The summed E-state index contributed by atoms with van der Waals surface area (Å²) in [6.07, 6.45) is 0.937. The van der Waals surface area contributed by atoms with Crippen LogP contribution in [0.5, 0.6) is 0 Å². The molecule has 1 heterocycles. The first kappa shape index (κ1) is 14.7. The van der Waals surface area contributed by atoms with Crippen molar-refractivity contribution in [1.82, 2.24) is 4.98 Å². The molecule has 0 saturated heterocycles. The standard InChI is InChI=1S/C20H18N2O2/c1-13-12-16(13)18(23)22-20-17(14-8-4-2-5-9-14)21-19(24-20)15-10-6-3-7-11-15/h2-11,13,16H,12H2,1H3,(H,22,23). The van der Waals surface area contributed by atoms with Crippen molar-refractivity contribution < 1.29 is 9.21 Å². The molecule has 4 nitrogen and oxygen atoms in total. The Kier molecular flexibility index (Phi) is 3.65. The second kappa shape index (κ2) is 5.96. The van der Waals surface area contributed by atoms with Crippen LogP contribution in [0.4, 0.5) is 5.88 Å². The van der Waals surface area contributed by atoms with Crippen LogP contribution in [0.1, 0.15) is 13.3 Å². The van der Waals surface area contributed by atoms with Gasteiger partial charge in [-0.3, -0.25) is 10.1 Å². The van der Waals surface area contributed by atoms with Gasteiger partial charge in [-0.1, -0.05) is 55.5 Å². The summed E-state index contributed by atoms with van der Waals surface area (Å²) < 4.78 is 5.90. The van der Waals surface area contributed by atoms with E-state index < -0.39 is 0 Å². The maximum atomic E-state index is 12.3. The molecule has 2 aromatic carbocycles. The number of carbonyl (C=O) groups excluding carboxylic acids is 1. The maximum Gasteiger partial charge on any atom is 0.230 e. The van der Waals surface area contributed by atoms with E-state index in [1.807, 2.05) is 60.7 Å². The zero-order valence-corrected chi connectivity index (χ0v) is 13.4. The highest BCUT2D eigenvalue weighted by molar-refractivity contribution is 5.96. The lowest BCUT2D eigenvalue weighted by Gasteiger charge is -2.03. The number of anilines is 1. The number of oxazole rings is 1. The fourth-order valence-electron chi connectivity index (χ4n) is 2.79. The fraction of sp³-hybridized carbons (Fsp3) is 0.200. The van der Waals surface area contributed by atoms with Crippen molar-refractivity contribution in [2.45, 2.75) is 13.3 Å². The predicted molar refractivity (Wildman–Crippen MR) is 93.3 cm³/mol. The van der Waals surface area contributed by atoms with Crippen LogP contribution in [0.15, 0.2) is 65.1 Å². The van der Waals surface area contributed by atoms with Gasteiger partial charge in [-0.25, -0.2) is 4.98 Å². The minimum absolute atomic E-state index is 0.00967. The highest BCUT2D eigenvalue weighted by Gasteiger charge is 2.39. The molecule has 1 saturated carbocycles. The smallest absolute Gasteiger partial charge is 0.230 e. The lowest BCUT2D eigenvalue weighted by atomic mass is 10.1. The predicted octanol–water partition coefficient (Wildman–Crippen LogP) is 4.60. The highest BCUT2D eigenvalue weighted by Crippen LogP contribution is 2.40. The molecule has 0 radical (unpaired) electrons. The van der Waals surface area contributed by atoms with E-state index in [4.69, 9.17) is 4.42 Å². The molecule has 120 valence electrons. The Bertz CT molecular complexity index is 856. The van der Waals surface area contributed by atoms with Crippen LogP contribution in [0.3, 0.4) is 0 Å². The molecule has 1 aliphatic carbocycles. The van der Waals surface area contributed by atoms with E-state index >= 15 is 0 Å². The average Bonchev–Trinajstić information content (AvgIpc) is 3.22. The first-order valence-corrected chi connectivity index (χ1v) is 8.15. The molecule has 2 atom stereocenters. The van der Waals surface area contributed by atoms with E-state index in [0.717, 1.165) is 17.5 Å². The number of rotatable bonds is 4. The van der Waals surface area contributed by atoms with Gasteiger partial charge in [0, 0.05) is 17.0 Å². The summed E-state index contributed by atoms with van der Waals surface area (Å²) in [6, 6.07) is 19.5. The molecule has 1 N–H and O–H groups in total. The van der Waals surface area contributed by atoms with E-state index in [-0.39, 0.29) is 11.8 Å². The Morgan fingerprint density at radius 2 is 1.62 bits per heavy atom. The maximum absolute atomic E-state index is 12.3. The van der Waals surface area contributed by atoms with Crippen LogP contribution in [-0.2, 0) is 4.79 Å². The molecule has 3 aromatic rings. The third-order valence-corrected chi connectivity index (χ3v) is 4.38. The molecule has 4 rings (SSSR count). The van der Waals surface area contributed by atoms with Gasteiger partial charge in [-0.2, -0.15) is 0 Å². The summed E-state index contributed by atoms with van der Waals surface area (Å²) in [4.78, 5) is 16.9. The number of nitrogens with zero attached hydrogens (tertiary/aromatic N) is 1. The van der Waals surface area contributed by atoms with Crippen molar-refractivity contribution in [1.29, 1.82) is 0 Å². The van der Waals surface area contributed by atoms with Gasteiger partial charge < -0.3 is 4.42 Å². The summed E-state index contributed by atoms with van der Waals surface area (Å²) in [5.41, 5.74) is 2.47. The van der Waals surface area contributed by atoms with Gasteiger partial charge in [0.2, 0.25) is 17.7 Å². The van der Waals surface area contributed by atoms with Crippen LogP contribution in [0.2, 0.25) is 0 Å². The average molecular weight is 318 g/mol. The van der Waals surface area contributed by atoms with E-state index in [9.17, 15) is 4.79 Å². The largest absolute Gasteiger partial charge is 0.420 e. The summed E-state index contributed by atoms with van der Waals surface area (Å²) in [7, 11) is 0. The van der Waals surface area contributed by atoms with Crippen molar-refractivity contribution in [3.8, 4) is 22.7 Å². The third kappa shape index (κ3) is 2.83. The number of benzene rings is 2. The van der Waals surface area contributed by atoms with Gasteiger partial charge in [-0.05, 0) is 24.5 Å². The van der Waals surface area contributed by atoms with Gasteiger partial charge in [0.25, 0.3) is 0 Å². The van der Waals surface area contributed by atoms with E-state index in [1.165, 1.54) is 0 Å². The van der Waals surface area contributed by atoms with E-state index in [0.29, 0.717) is 23.4 Å². The lowest BCUT2D eigenvalue weighted by molar-refractivity contribution is -0.117. The van der Waals surface area contributed by atoms with Crippen LogP contribution in [0.25, 0.3) is 22.7 Å². The van der Waals surface area contributed by atoms with E-state index in [1.54, 1.807) is 0 Å². The molecular weight excluding hydrogens is 300 g/mol. The van der Waals surface area contributed by atoms with Gasteiger partial charge >= 0.3 is 0 Å². The van der Waals surface area contributed by atoms with Gasteiger partial charge in [0.15, 0.2) is 0 Å². The minimum Gasteiger partial charge on any atom is -0.420 e. The number of hydrogen-bond donors (Lipinski definition) is 1. The van der Waals surface area contributed by atoms with Gasteiger partial charge in [0.05, 0.1) is 0 Å². The zero-order valence-electron chi connectivity index (χ0n) is 13.4. The Balaban J connectivity index is 1.72. The van der Waals surface area contributed by atoms with Crippen molar-refractivity contribution in [2.24, 2.45) is 11.8 Å². The van der Waals surface area contributed by atoms with Crippen molar-refractivity contribution >= 4 is 11.8 Å². The Labute approximate surface area is 140 Å². The summed E-state index contributed by atoms with van der Waals surface area (Å²) in [5, 5.41) is 2.92. The molecule has 2 unspecified atom stereocenters. The Hall–Kier alpha value is -2.88. The molecule has 1 fully saturated rings. The molecule has 0 spiro atoms. The highest BCUT2D eigenvalue weighted by atomic mass is 16.4.